The number of pyridine rings is 1. The van der Waals surface area contributed by atoms with Gasteiger partial charge in [-0.25, -0.2) is 0 Å². The van der Waals surface area contributed by atoms with E-state index in [1.807, 2.05) is 22.9 Å². The van der Waals surface area contributed by atoms with Crippen molar-refractivity contribution in [2.24, 2.45) is 0 Å². The van der Waals surface area contributed by atoms with Crippen molar-refractivity contribution in [3.63, 3.8) is 0 Å². The third-order valence-electron chi connectivity index (χ3n) is 2.15. The van der Waals surface area contributed by atoms with Crippen LogP contribution in [0.2, 0.25) is 0 Å². The average Bonchev–Trinajstić information content (AvgIpc) is 2.51. The molecule has 2 rings (SSSR count). The van der Waals surface area contributed by atoms with Gasteiger partial charge in [0.1, 0.15) is 5.52 Å². The highest BCUT2D eigenvalue weighted by atomic mass is 16.1. The highest BCUT2D eigenvalue weighted by Gasteiger charge is 2.02. The van der Waals surface area contributed by atoms with Crippen LogP contribution in [0.3, 0.4) is 0 Å². The van der Waals surface area contributed by atoms with Gasteiger partial charge in [0.05, 0.1) is 0 Å². The lowest BCUT2D eigenvalue weighted by Crippen LogP contribution is -2.09. The van der Waals surface area contributed by atoms with Gasteiger partial charge in [-0.15, -0.1) is 0 Å². The number of aryl methyl sites for hydroxylation is 1. The monoisotopic (exact) mass is 176 g/mol. The van der Waals surface area contributed by atoms with Gasteiger partial charge >= 0.3 is 0 Å². The minimum atomic E-state index is -0.00375. The van der Waals surface area contributed by atoms with Crippen LogP contribution in [0.25, 0.3) is 10.9 Å². The van der Waals surface area contributed by atoms with E-state index in [1.54, 1.807) is 6.20 Å². The van der Waals surface area contributed by atoms with E-state index in [0.717, 1.165) is 23.9 Å². The number of hydrogen-bond acceptors (Lipinski definition) is 1. The summed E-state index contributed by atoms with van der Waals surface area (Å²) in [5.74, 6) is 0. The Morgan fingerprint density at radius 2 is 2.31 bits per heavy atom. The maximum Gasteiger partial charge on any atom is 0.272 e. The van der Waals surface area contributed by atoms with Crippen LogP contribution in [-0.2, 0) is 6.54 Å². The van der Waals surface area contributed by atoms with Gasteiger partial charge in [-0.1, -0.05) is 6.92 Å². The van der Waals surface area contributed by atoms with Gasteiger partial charge in [0.15, 0.2) is 0 Å². The van der Waals surface area contributed by atoms with Crippen LogP contribution in [0, 0.1) is 0 Å². The molecule has 1 N–H and O–H groups in total. The van der Waals surface area contributed by atoms with E-state index in [2.05, 4.69) is 11.9 Å². The van der Waals surface area contributed by atoms with Crippen LogP contribution < -0.4 is 5.56 Å². The lowest BCUT2D eigenvalue weighted by molar-refractivity contribution is 0.701. The standard InChI is InChI=1S/C10H12N2O/c1-2-6-12-7-4-8-3-5-11-10(13)9(8)12/h3-5,7H,2,6H2,1H3,(H,11,13). The zero-order chi connectivity index (χ0) is 9.26. The quantitative estimate of drug-likeness (QED) is 0.743. The Bertz CT molecular complexity index is 467. The van der Waals surface area contributed by atoms with Crippen molar-refractivity contribution in [3.8, 4) is 0 Å². The number of rotatable bonds is 2. The second-order valence-corrected chi connectivity index (χ2v) is 3.12. The molecule has 2 aromatic rings. The molecule has 0 atom stereocenters. The highest BCUT2D eigenvalue weighted by Crippen LogP contribution is 2.10. The molecule has 0 saturated carbocycles. The summed E-state index contributed by atoms with van der Waals surface area (Å²) in [4.78, 5) is 14.1. The lowest BCUT2D eigenvalue weighted by Gasteiger charge is -2.00. The number of aromatic nitrogens is 2. The Morgan fingerprint density at radius 1 is 1.46 bits per heavy atom. The summed E-state index contributed by atoms with van der Waals surface area (Å²) in [6.07, 6.45) is 4.68. The molecule has 0 fully saturated rings. The van der Waals surface area contributed by atoms with Crippen molar-refractivity contribution in [1.82, 2.24) is 9.55 Å². The van der Waals surface area contributed by atoms with Gasteiger partial charge in [-0.3, -0.25) is 4.79 Å². The molecule has 0 saturated heterocycles. The van der Waals surface area contributed by atoms with Crippen LogP contribution in [0.15, 0.2) is 29.3 Å². The number of H-pyrrole nitrogens is 1. The molecule has 0 bridgehead atoms. The molecule has 0 aliphatic carbocycles. The molecule has 0 unspecified atom stereocenters. The predicted molar refractivity (Wildman–Crippen MR) is 52.8 cm³/mol. The minimum absolute atomic E-state index is 0.00375. The molecule has 0 amide bonds. The third-order valence-corrected chi connectivity index (χ3v) is 2.15. The van der Waals surface area contributed by atoms with Gasteiger partial charge in [0.25, 0.3) is 5.56 Å². The second-order valence-electron chi connectivity index (χ2n) is 3.12. The van der Waals surface area contributed by atoms with Gasteiger partial charge in [-0.05, 0) is 18.6 Å². The van der Waals surface area contributed by atoms with Gasteiger partial charge in [0.2, 0.25) is 0 Å². The average molecular weight is 176 g/mol. The van der Waals surface area contributed by atoms with E-state index in [-0.39, 0.29) is 5.56 Å². The summed E-state index contributed by atoms with van der Waals surface area (Å²) in [6.45, 7) is 3.00. The Balaban J connectivity index is 2.71. The summed E-state index contributed by atoms with van der Waals surface area (Å²) >= 11 is 0. The number of aromatic amines is 1. The number of hydrogen-bond donors (Lipinski definition) is 1. The smallest absolute Gasteiger partial charge is 0.272 e. The molecule has 2 heterocycles. The van der Waals surface area contributed by atoms with Crippen LogP contribution in [0.1, 0.15) is 13.3 Å². The molecule has 0 aliphatic rings. The summed E-state index contributed by atoms with van der Waals surface area (Å²) in [5.41, 5.74) is 0.778. The molecule has 0 aliphatic heterocycles. The largest absolute Gasteiger partial charge is 0.343 e. The van der Waals surface area contributed by atoms with E-state index in [1.165, 1.54) is 0 Å². The Labute approximate surface area is 76.0 Å². The Morgan fingerprint density at radius 3 is 3.08 bits per heavy atom. The summed E-state index contributed by atoms with van der Waals surface area (Å²) in [6, 6.07) is 3.89. The maximum absolute atomic E-state index is 11.5. The van der Waals surface area contributed by atoms with Crippen molar-refractivity contribution < 1.29 is 0 Å². The van der Waals surface area contributed by atoms with Crippen LogP contribution in [-0.4, -0.2) is 9.55 Å². The van der Waals surface area contributed by atoms with E-state index in [4.69, 9.17) is 0 Å². The summed E-state index contributed by atoms with van der Waals surface area (Å²) in [7, 11) is 0. The maximum atomic E-state index is 11.5. The highest BCUT2D eigenvalue weighted by molar-refractivity contribution is 5.78. The lowest BCUT2D eigenvalue weighted by atomic mass is 10.3. The Kier molecular flexibility index (Phi) is 1.93. The van der Waals surface area contributed by atoms with Crippen molar-refractivity contribution in [2.45, 2.75) is 19.9 Å². The van der Waals surface area contributed by atoms with E-state index in [0.29, 0.717) is 0 Å². The normalized spacial score (nSPS) is 10.8. The molecular weight excluding hydrogens is 164 g/mol. The fourth-order valence-corrected chi connectivity index (χ4v) is 1.59. The first-order chi connectivity index (χ1) is 6.33. The summed E-state index contributed by atoms with van der Waals surface area (Å²) in [5, 5.41) is 1.01. The van der Waals surface area contributed by atoms with E-state index >= 15 is 0 Å². The van der Waals surface area contributed by atoms with Crippen molar-refractivity contribution in [3.05, 3.63) is 34.9 Å². The zero-order valence-corrected chi connectivity index (χ0v) is 7.58. The number of fused-ring (bicyclic) bond motifs is 1. The molecular formula is C10H12N2O. The van der Waals surface area contributed by atoms with Crippen LogP contribution in [0.4, 0.5) is 0 Å². The minimum Gasteiger partial charge on any atom is -0.343 e. The topological polar surface area (TPSA) is 37.8 Å². The first-order valence-corrected chi connectivity index (χ1v) is 4.49. The molecule has 0 aromatic carbocycles. The summed E-state index contributed by atoms with van der Waals surface area (Å²) < 4.78 is 1.99. The second kappa shape index (κ2) is 3.09. The predicted octanol–water partition coefficient (Wildman–Crippen LogP) is 1.74. The van der Waals surface area contributed by atoms with Gasteiger partial charge < -0.3 is 9.55 Å². The number of nitrogens with zero attached hydrogens (tertiary/aromatic N) is 1. The molecule has 68 valence electrons. The first-order valence-electron chi connectivity index (χ1n) is 4.49. The Hall–Kier alpha value is -1.51. The van der Waals surface area contributed by atoms with Crippen molar-refractivity contribution in [2.75, 3.05) is 0 Å². The van der Waals surface area contributed by atoms with Gasteiger partial charge in [0, 0.05) is 24.3 Å². The fraction of sp³-hybridized carbons (Fsp3) is 0.300. The van der Waals surface area contributed by atoms with E-state index in [9.17, 15) is 4.79 Å². The van der Waals surface area contributed by atoms with Crippen molar-refractivity contribution in [1.29, 1.82) is 0 Å². The molecule has 0 spiro atoms. The molecule has 0 radical (unpaired) electrons. The van der Waals surface area contributed by atoms with Crippen molar-refractivity contribution >= 4 is 10.9 Å². The molecule has 13 heavy (non-hydrogen) atoms. The molecule has 3 heteroatoms. The van der Waals surface area contributed by atoms with Crippen LogP contribution in [0.5, 0.6) is 0 Å². The SMILES string of the molecule is CCCn1ccc2cc[nH]c(=O)c21. The molecule has 3 nitrogen and oxygen atoms in total. The fourth-order valence-electron chi connectivity index (χ4n) is 1.59. The van der Waals surface area contributed by atoms with Crippen LogP contribution >= 0.6 is 0 Å². The third kappa shape index (κ3) is 1.26. The zero-order valence-electron chi connectivity index (χ0n) is 7.58. The first kappa shape index (κ1) is 8.10. The molecule has 2 aromatic heterocycles. The number of nitrogens with one attached hydrogen (secondary N) is 1. The van der Waals surface area contributed by atoms with Gasteiger partial charge in [-0.2, -0.15) is 0 Å². The van der Waals surface area contributed by atoms with E-state index < -0.39 is 0 Å².